The summed E-state index contributed by atoms with van der Waals surface area (Å²) in [5.41, 5.74) is 0. The molecule has 0 saturated carbocycles. The molecule has 0 aliphatic heterocycles. The zero-order chi connectivity index (χ0) is 5.15. The second kappa shape index (κ2) is 6.47. The lowest BCUT2D eigenvalue weighted by Gasteiger charge is -1.89. The predicted molar refractivity (Wildman–Crippen MR) is 35.9 cm³/mol. The molecule has 0 radical (unpaired) electrons. The minimum Gasteiger partial charge on any atom is -0.481 e. The number of hydrogen-bond donors (Lipinski definition) is 1. The van der Waals surface area contributed by atoms with Gasteiger partial charge in [-0.2, -0.15) is 0 Å². The molecule has 0 amide bonds. The zero-order valence-corrected chi connectivity index (χ0v) is 3.93. The summed E-state index contributed by atoms with van der Waals surface area (Å²) in [4.78, 5) is 9.70. The smallest absolute Gasteiger partial charge is 0.305 e. The maximum Gasteiger partial charge on any atom is 0.305 e. The molecule has 52 valence electrons. The Morgan fingerprint density at radius 3 is 1.50 bits per heavy atom. The summed E-state index contributed by atoms with van der Waals surface area (Å²) in [6.07, 6.45) is 0. The van der Waals surface area contributed by atoms with Gasteiger partial charge < -0.3 is 5.11 Å². The van der Waals surface area contributed by atoms with Crippen LogP contribution in [0.1, 0.15) is 28.7 Å². The minimum absolute atomic E-state index is 0. The Morgan fingerprint density at radius 2 is 1.50 bits per heavy atom. The van der Waals surface area contributed by atoms with Crippen molar-refractivity contribution in [1.29, 1.82) is 0 Å². The lowest BCUT2D eigenvalue weighted by Crippen LogP contribution is -2.03. The van der Waals surface area contributed by atoms with Gasteiger partial charge in [-0.05, 0) is 0 Å². The lowest BCUT2D eigenvalue weighted by atomic mass is 10.2. The fraction of sp³-hybridized carbons (Fsp3) is 0.833. The van der Waals surface area contributed by atoms with E-state index in [2.05, 4.69) is 0 Å². The molecule has 0 fully saturated rings. The minimum atomic E-state index is -0.741. The van der Waals surface area contributed by atoms with Crippen LogP contribution in [0.15, 0.2) is 0 Å². The molecule has 2 nitrogen and oxygen atoms in total. The van der Waals surface area contributed by atoms with E-state index >= 15 is 0 Å². The second-order valence-electron chi connectivity index (χ2n) is 1.49. The van der Waals surface area contributed by atoms with E-state index in [1.54, 1.807) is 13.8 Å². The van der Waals surface area contributed by atoms with Crippen LogP contribution in [0.2, 0.25) is 0 Å². The number of rotatable bonds is 1. The van der Waals surface area contributed by atoms with Crippen LogP contribution >= 0.6 is 0 Å². The molecule has 2 heteroatoms. The first kappa shape index (κ1) is 15.6. The summed E-state index contributed by atoms with van der Waals surface area (Å²) >= 11 is 0. The number of aliphatic carboxylic acids is 1. The third-order valence-corrected chi connectivity index (χ3v) is 0.494. The summed E-state index contributed by atoms with van der Waals surface area (Å²) in [6, 6.07) is 0. The lowest BCUT2D eigenvalue weighted by molar-refractivity contribution is -0.140. The Kier molecular flexibility index (Phi) is 12.7. The predicted octanol–water partition coefficient (Wildman–Crippen LogP) is 2.00. The van der Waals surface area contributed by atoms with Crippen molar-refractivity contribution in [3.05, 3.63) is 0 Å². The Hall–Kier alpha value is -0.530. The molecule has 8 heavy (non-hydrogen) atoms. The van der Waals surface area contributed by atoms with Crippen LogP contribution in [0.5, 0.6) is 0 Å². The van der Waals surface area contributed by atoms with E-state index in [4.69, 9.17) is 5.11 Å². The normalized spacial score (nSPS) is 6.88. The Balaban J connectivity index is -0.000000125. The van der Waals surface area contributed by atoms with Crippen molar-refractivity contribution >= 4 is 5.97 Å². The van der Waals surface area contributed by atoms with Crippen molar-refractivity contribution in [2.24, 2.45) is 5.92 Å². The maximum atomic E-state index is 9.70. The zero-order valence-electron chi connectivity index (χ0n) is 3.93. The van der Waals surface area contributed by atoms with E-state index in [1.165, 1.54) is 0 Å². The number of carbonyl (C=O) groups is 1. The number of hydrogen-bond acceptors (Lipinski definition) is 1. The summed E-state index contributed by atoms with van der Waals surface area (Å²) in [6.45, 7) is 3.28. The first-order valence-corrected chi connectivity index (χ1v) is 1.87. The fourth-order valence-corrected chi connectivity index (χ4v) is 0. The molecule has 0 aromatic rings. The van der Waals surface area contributed by atoms with Gasteiger partial charge in [-0.1, -0.05) is 28.7 Å². The molecule has 0 spiro atoms. The van der Waals surface area contributed by atoms with E-state index in [-0.39, 0.29) is 20.8 Å². The highest BCUT2D eigenvalue weighted by atomic mass is 16.4. The third kappa shape index (κ3) is 9.08. The average molecular weight is 120 g/mol. The van der Waals surface area contributed by atoms with Gasteiger partial charge in [0, 0.05) is 0 Å². The molecule has 0 aromatic carbocycles. The first-order chi connectivity index (χ1) is 2.64. The van der Waals surface area contributed by atoms with Gasteiger partial charge in [-0.3, -0.25) is 4.79 Å². The molecule has 0 unspecified atom stereocenters. The Labute approximate surface area is 51.5 Å². The van der Waals surface area contributed by atoms with E-state index in [1.807, 2.05) is 0 Å². The highest BCUT2D eigenvalue weighted by Crippen LogP contribution is 1.87. The van der Waals surface area contributed by atoms with Gasteiger partial charge in [0.25, 0.3) is 0 Å². The van der Waals surface area contributed by atoms with Crippen molar-refractivity contribution in [1.82, 2.24) is 0 Å². The molecule has 1 N–H and O–H groups in total. The third-order valence-electron chi connectivity index (χ3n) is 0.494. The van der Waals surface area contributed by atoms with Gasteiger partial charge in [0.1, 0.15) is 0 Å². The molecule has 0 saturated heterocycles. The highest BCUT2D eigenvalue weighted by molar-refractivity contribution is 5.68. The topological polar surface area (TPSA) is 37.3 Å². The molecular formula is C6H16O2. The molecule has 0 bridgehead atoms. The van der Waals surface area contributed by atoms with E-state index < -0.39 is 5.97 Å². The molecule has 0 aliphatic carbocycles. The van der Waals surface area contributed by atoms with Gasteiger partial charge >= 0.3 is 5.97 Å². The monoisotopic (exact) mass is 120 g/mol. The van der Waals surface area contributed by atoms with Gasteiger partial charge in [-0.15, -0.1) is 0 Å². The molecule has 0 atom stereocenters. The van der Waals surface area contributed by atoms with Crippen LogP contribution in [0.25, 0.3) is 0 Å². The fourth-order valence-electron chi connectivity index (χ4n) is 0. The van der Waals surface area contributed by atoms with E-state index in [0.29, 0.717) is 0 Å². The molecule has 0 heterocycles. The number of carboxylic acids is 1. The number of carboxylic acid groups (broad SMARTS) is 1. The van der Waals surface area contributed by atoms with Crippen LogP contribution < -0.4 is 0 Å². The van der Waals surface area contributed by atoms with E-state index in [0.717, 1.165) is 0 Å². The molecule has 0 aliphatic rings. The highest BCUT2D eigenvalue weighted by Gasteiger charge is 1.99. The summed E-state index contributed by atoms with van der Waals surface area (Å²) < 4.78 is 0. The summed E-state index contributed by atoms with van der Waals surface area (Å²) in [5, 5.41) is 7.99. The quantitative estimate of drug-likeness (QED) is 0.574. The standard InChI is InChI=1S/C4H8O2.2CH4/c1-3(2)4(5)6;;/h3H,1-2H3,(H,5,6);2*1H4. The largest absolute Gasteiger partial charge is 0.481 e. The molecular weight excluding hydrogens is 104 g/mol. The van der Waals surface area contributed by atoms with E-state index in [9.17, 15) is 4.79 Å². The summed E-state index contributed by atoms with van der Waals surface area (Å²) in [7, 11) is 0. The van der Waals surface area contributed by atoms with Crippen molar-refractivity contribution in [3.63, 3.8) is 0 Å². The SMILES string of the molecule is C.C.CC(C)C(=O)O. The van der Waals surface area contributed by atoms with Gasteiger partial charge in [-0.25, -0.2) is 0 Å². The van der Waals surface area contributed by atoms with Gasteiger partial charge in [0.2, 0.25) is 0 Å². The molecule has 0 rings (SSSR count). The van der Waals surface area contributed by atoms with Crippen LogP contribution in [-0.4, -0.2) is 11.1 Å². The van der Waals surface area contributed by atoms with Crippen molar-refractivity contribution in [2.45, 2.75) is 28.7 Å². The average Bonchev–Trinajstić information content (AvgIpc) is 1.36. The van der Waals surface area contributed by atoms with Crippen molar-refractivity contribution in [2.75, 3.05) is 0 Å². The Bertz CT molecular complexity index is 57.5. The van der Waals surface area contributed by atoms with Crippen molar-refractivity contribution in [3.8, 4) is 0 Å². The van der Waals surface area contributed by atoms with Crippen LogP contribution in [0.3, 0.4) is 0 Å². The molecule has 0 aromatic heterocycles. The second-order valence-corrected chi connectivity index (χ2v) is 1.49. The van der Waals surface area contributed by atoms with Crippen LogP contribution in [-0.2, 0) is 4.79 Å². The van der Waals surface area contributed by atoms with Crippen LogP contribution in [0, 0.1) is 5.92 Å². The van der Waals surface area contributed by atoms with Gasteiger partial charge in [0.15, 0.2) is 0 Å². The van der Waals surface area contributed by atoms with Crippen molar-refractivity contribution < 1.29 is 9.90 Å². The maximum absolute atomic E-state index is 9.70. The summed E-state index contributed by atoms with van der Waals surface area (Å²) in [5.74, 6) is -0.972. The first-order valence-electron chi connectivity index (χ1n) is 1.87. The Morgan fingerprint density at radius 1 is 1.38 bits per heavy atom. The van der Waals surface area contributed by atoms with Gasteiger partial charge in [0.05, 0.1) is 5.92 Å². The van der Waals surface area contributed by atoms with Crippen LogP contribution in [0.4, 0.5) is 0 Å².